The minimum absolute atomic E-state index is 0.0891. The van der Waals surface area contributed by atoms with Crippen LogP contribution in [0.25, 0.3) is 11.0 Å². The molecule has 0 saturated heterocycles. The topological polar surface area (TPSA) is 76.8 Å². The zero-order valence-electron chi connectivity index (χ0n) is 12.9. The third-order valence-electron chi connectivity index (χ3n) is 4.01. The monoisotopic (exact) mass is 355 g/mol. The highest BCUT2D eigenvalue weighted by Crippen LogP contribution is 2.29. The molecule has 0 spiro atoms. The summed E-state index contributed by atoms with van der Waals surface area (Å²) in [6, 6.07) is 11.2. The Balaban J connectivity index is 1.67. The molecule has 0 bridgehead atoms. The van der Waals surface area contributed by atoms with E-state index in [2.05, 4.69) is 0 Å². The van der Waals surface area contributed by atoms with E-state index in [1.165, 1.54) is 12.1 Å². The standard InChI is InChI=1S/C18H10ClNO5/c1-9-13-8-10(19)6-7-14(13)24-15(9)18(23)25-20-16(21)11-4-2-3-5-12(11)17(20)22/h2-8H,1H3. The van der Waals surface area contributed by atoms with Crippen LogP contribution in [0.4, 0.5) is 0 Å². The lowest BCUT2D eigenvalue weighted by atomic mass is 10.1. The smallest absolute Gasteiger partial charge is 0.399 e. The van der Waals surface area contributed by atoms with Crippen molar-refractivity contribution >= 4 is 40.4 Å². The van der Waals surface area contributed by atoms with E-state index in [0.29, 0.717) is 26.6 Å². The molecule has 1 aromatic heterocycles. The number of furan rings is 1. The Bertz CT molecular complexity index is 1030. The molecule has 2 aromatic carbocycles. The van der Waals surface area contributed by atoms with E-state index < -0.39 is 17.8 Å². The first-order valence-corrected chi connectivity index (χ1v) is 7.74. The van der Waals surface area contributed by atoms with Gasteiger partial charge in [-0.2, -0.15) is 0 Å². The van der Waals surface area contributed by atoms with Crippen LogP contribution in [0, 0.1) is 6.92 Å². The van der Waals surface area contributed by atoms with Gasteiger partial charge in [0.05, 0.1) is 11.1 Å². The summed E-state index contributed by atoms with van der Waals surface area (Å²) in [6.07, 6.45) is 0. The molecule has 6 nitrogen and oxygen atoms in total. The van der Waals surface area contributed by atoms with Crippen molar-refractivity contribution < 1.29 is 23.6 Å². The summed E-state index contributed by atoms with van der Waals surface area (Å²) in [5, 5.41) is 1.60. The van der Waals surface area contributed by atoms with Crippen LogP contribution in [0.3, 0.4) is 0 Å². The van der Waals surface area contributed by atoms with E-state index in [0.717, 1.165) is 0 Å². The highest BCUT2D eigenvalue weighted by molar-refractivity contribution is 6.31. The van der Waals surface area contributed by atoms with Crippen molar-refractivity contribution in [3.05, 3.63) is 69.9 Å². The van der Waals surface area contributed by atoms with E-state index >= 15 is 0 Å². The Morgan fingerprint density at radius 3 is 2.36 bits per heavy atom. The average molecular weight is 356 g/mol. The average Bonchev–Trinajstić information content (AvgIpc) is 3.05. The van der Waals surface area contributed by atoms with Gasteiger partial charge in [-0.3, -0.25) is 9.59 Å². The second-order valence-corrected chi connectivity index (χ2v) is 5.96. The van der Waals surface area contributed by atoms with Crippen molar-refractivity contribution in [3.63, 3.8) is 0 Å². The summed E-state index contributed by atoms with van der Waals surface area (Å²) < 4.78 is 5.49. The molecule has 25 heavy (non-hydrogen) atoms. The minimum atomic E-state index is -0.931. The number of fused-ring (bicyclic) bond motifs is 2. The lowest BCUT2D eigenvalue weighted by Crippen LogP contribution is -2.32. The Morgan fingerprint density at radius 2 is 1.72 bits per heavy atom. The van der Waals surface area contributed by atoms with Crippen molar-refractivity contribution in [2.75, 3.05) is 0 Å². The fourth-order valence-electron chi connectivity index (χ4n) is 2.76. The molecule has 1 aliphatic heterocycles. The third-order valence-corrected chi connectivity index (χ3v) is 4.25. The number of amides is 2. The molecule has 2 amide bonds. The van der Waals surface area contributed by atoms with Gasteiger partial charge in [0.2, 0.25) is 5.76 Å². The zero-order valence-corrected chi connectivity index (χ0v) is 13.7. The van der Waals surface area contributed by atoms with Gasteiger partial charge in [0.1, 0.15) is 5.58 Å². The lowest BCUT2D eigenvalue weighted by Gasteiger charge is -2.11. The van der Waals surface area contributed by atoms with Gasteiger partial charge in [-0.1, -0.05) is 28.8 Å². The Hall–Kier alpha value is -3.12. The molecule has 0 fully saturated rings. The molecule has 0 unspecified atom stereocenters. The van der Waals surface area contributed by atoms with Gasteiger partial charge in [-0.05, 0) is 37.3 Å². The largest absolute Gasteiger partial charge is 0.449 e. The van der Waals surface area contributed by atoms with E-state index in [4.69, 9.17) is 20.9 Å². The molecule has 2 heterocycles. The number of halogens is 1. The maximum Gasteiger partial charge on any atom is 0.399 e. The predicted octanol–water partition coefficient (Wildman–Crippen LogP) is 3.76. The van der Waals surface area contributed by atoms with Crippen LogP contribution in [-0.2, 0) is 4.84 Å². The Labute approximate surface area is 146 Å². The number of carbonyl (C=O) groups excluding carboxylic acids is 3. The van der Waals surface area contributed by atoms with Gasteiger partial charge in [0.25, 0.3) is 11.8 Å². The number of rotatable bonds is 2. The van der Waals surface area contributed by atoms with Crippen LogP contribution in [0.1, 0.15) is 36.8 Å². The van der Waals surface area contributed by atoms with Crippen molar-refractivity contribution in [1.29, 1.82) is 0 Å². The summed E-state index contributed by atoms with van der Waals surface area (Å²) in [5.74, 6) is -2.40. The van der Waals surface area contributed by atoms with Crippen LogP contribution in [-0.4, -0.2) is 22.8 Å². The Morgan fingerprint density at radius 1 is 1.08 bits per heavy atom. The first-order valence-electron chi connectivity index (χ1n) is 7.36. The summed E-state index contributed by atoms with van der Waals surface area (Å²) in [6.45, 7) is 1.67. The number of nitrogens with zero attached hydrogens (tertiary/aromatic N) is 1. The molecule has 0 atom stereocenters. The van der Waals surface area contributed by atoms with Crippen molar-refractivity contribution in [1.82, 2.24) is 5.06 Å². The van der Waals surface area contributed by atoms with Crippen LogP contribution in [0.15, 0.2) is 46.9 Å². The fourth-order valence-corrected chi connectivity index (χ4v) is 2.93. The first kappa shape index (κ1) is 15.4. The first-order chi connectivity index (χ1) is 12.0. The number of hydrogen-bond acceptors (Lipinski definition) is 5. The maximum absolute atomic E-state index is 12.4. The normalized spacial score (nSPS) is 13.4. The van der Waals surface area contributed by atoms with Crippen molar-refractivity contribution in [2.45, 2.75) is 6.92 Å². The quantitative estimate of drug-likeness (QED) is 0.654. The summed E-state index contributed by atoms with van der Waals surface area (Å²) in [7, 11) is 0. The number of hydrogen-bond donors (Lipinski definition) is 0. The highest BCUT2D eigenvalue weighted by atomic mass is 35.5. The molecule has 7 heteroatoms. The SMILES string of the molecule is Cc1c(C(=O)ON2C(=O)c3ccccc3C2=O)oc2ccc(Cl)cc12. The number of benzene rings is 2. The van der Waals surface area contributed by atoms with Crippen LogP contribution in [0.5, 0.6) is 0 Å². The summed E-state index contributed by atoms with van der Waals surface area (Å²) in [5.41, 5.74) is 1.34. The molecule has 0 radical (unpaired) electrons. The molecule has 0 N–H and O–H groups in total. The molecule has 3 aromatic rings. The number of carbonyl (C=O) groups is 3. The number of hydroxylamine groups is 2. The van der Waals surface area contributed by atoms with Gasteiger partial charge in [0.15, 0.2) is 0 Å². The van der Waals surface area contributed by atoms with Crippen molar-refractivity contribution in [2.24, 2.45) is 0 Å². The molecule has 0 saturated carbocycles. The lowest BCUT2D eigenvalue weighted by molar-refractivity contribution is -0.0602. The second-order valence-electron chi connectivity index (χ2n) is 5.53. The highest BCUT2D eigenvalue weighted by Gasteiger charge is 2.39. The van der Waals surface area contributed by atoms with Gasteiger partial charge in [0, 0.05) is 16.0 Å². The fraction of sp³-hybridized carbons (Fsp3) is 0.0556. The predicted molar refractivity (Wildman–Crippen MR) is 88.3 cm³/mol. The van der Waals surface area contributed by atoms with Crippen LogP contribution < -0.4 is 0 Å². The van der Waals surface area contributed by atoms with E-state index in [9.17, 15) is 14.4 Å². The molecular formula is C18H10ClNO5. The van der Waals surface area contributed by atoms with Gasteiger partial charge in [-0.25, -0.2) is 4.79 Å². The van der Waals surface area contributed by atoms with E-state index in [1.54, 1.807) is 37.3 Å². The molecule has 0 aliphatic carbocycles. The third kappa shape index (κ3) is 2.30. The van der Waals surface area contributed by atoms with Gasteiger partial charge < -0.3 is 9.25 Å². The Kier molecular flexibility index (Phi) is 3.36. The molecule has 124 valence electrons. The van der Waals surface area contributed by atoms with Crippen LogP contribution >= 0.6 is 11.6 Å². The maximum atomic E-state index is 12.4. The van der Waals surface area contributed by atoms with E-state index in [1.807, 2.05) is 0 Å². The van der Waals surface area contributed by atoms with Crippen LogP contribution in [0.2, 0.25) is 5.02 Å². The van der Waals surface area contributed by atoms with Gasteiger partial charge in [-0.15, -0.1) is 0 Å². The number of aryl methyl sites for hydroxylation is 1. The summed E-state index contributed by atoms with van der Waals surface area (Å²) in [4.78, 5) is 41.9. The van der Waals surface area contributed by atoms with Gasteiger partial charge >= 0.3 is 5.97 Å². The summed E-state index contributed by atoms with van der Waals surface area (Å²) >= 11 is 5.95. The van der Waals surface area contributed by atoms with Crippen molar-refractivity contribution in [3.8, 4) is 0 Å². The minimum Gasteiger partial charge on any atom is -0.449 e. The zero-order chi connectivity index (χ0) is 17.7. The molecular weight excluding hydrogens is 346 g/mol. The number of imide groups is 1. The molecule has 4 rings (SSSR count). The second kappa shape index (κ2) is 5.46. The van der Waals surface area contributed by atoms with E-state index in [-0.39, 0.29) is 16.9 Å². The molecule has 1 aliphatic rings.